The maximum Gasteiger partial charge on any atom is 0.475 e. The summed E-state index contributed by atoms with van der Waals surface area (Å²) in [4.78, 5) is 26.7. The Morgan fingerprint density at radius 2 is 2.18 bits per heavy atom. The van der Waals surface area contributed by atoms with Gasteiger partial charge in [0, 0.05) is 5.56 Å². The predicted molar refractivity (Wildman–Crippen MR) is 93.6 cm³/mol. The molecule has 0 radical (unpaired) electrons. The zero-order chi connectivity index (χ0) is 19.6. The molecule has 4 aliphatic rings. The molecule has 1 aromatic carbocycles. The molecule has 0 aromatic heterocycles. The monoisotopic (exact) mass is 386 g/mol. The lowest BCUT2D eigenvalue weighted by Crippen LogP contribution is -2.58. The van der Waals surface area contributed by atoms with Gasteiger partial charge in [0.1, 0.15) is 4.91 Å². The lowest BCUT2D eigenvalue weighted by Gasteiger charge is -2.52. The van der Waals surface area contributed by atoms with Gasteiger partial charge in [-0.25, -0.2) is 10.0 Å². The van der Waals surface area contributed by atoms with Crippen molar-refractivity contribution in [1.29, 1.82) is 0 Å². The molecule has 0 saturated heterocycles. The van der Waals surface area contributed by atoms with Crippen molar-refractivity contribution in [3.05, 3.63) is 52.5 Å². The number of rotatable bonds is 4. The number of aromatic hydroxyl groups is 1. The molecule has 1 heterocycles. The van der Waals surface area contributed by atoms with E-state index in [1.54, 1.807) is 6.07 Å². The van der Waals surface area contributed by atoms with Gasteiger partial charge < -0.3 is 14.6 Å². The van der Waals surface area contributed by atoms with E-state index in [-0.39, 0.29) is 11.7 Å². The fourth-order valence-electron chi connectivity index (χ4n) is 5.46. The van der Waals surface area contributed by atoms with E-state index in [4.69, 9.17) is 14.7 Å². The van der Waals surface area contributed by atoms with E-state index < -0.39 is 35.3 Å². The molecule has 146 valence electrons. The van der Waals surface area contributed by atoms with Crippen molar-refractivity contribution in [3.8, 4) is 11.5 Å². The Balaban J connectivity index is 1.56. The van der Waals surface area contributed by atoms with Crippen LogP contribution in [0.15, 0.2) is 36.4 Å². The van der Waals surface area contributed by atoms with Crippen LogP contribution in [-0.2, 0) is 26.2 Å². The number of carbonyl (C=O) groups excluding carboxylic acids is 1. The molecular formula is C20H20NO7+. The van der Waals surface area contributed by atoms with Gasteiger partial charge in [0.25, 0.3) is 6.61 Å². The molecule has 8 nitrogen and oxygen atoms in total. The number of phenols is 1. The average molecular weight is 386 g/mol. The second kappa shape index (κ2) is 5.73. The number of benzene rings is 1. The molecule has 0 amide bonds. The summed E-state index contributed by atoms with van der Waals surface area (Å²) in [6, 6.07) is 3.60. The van der Waals surface area contributed by atoms with Gasteiger partial charge in [-0.15, -0.1) is 0 Å². The Bertz CT molecular complexity index is 939. The van der Waals surface area contributed by atoms with Crippen molar-refractivity contribution in [2.24, 2.45) is 17.8 Å². The Kier molecular flexibility index (Phi) is 3.50. The highest BCUT2D eigenvalue weighted by Crippen LogP contribution is 2.63. The molecule has 28 heavy (non-hydrogen) atoms. The minimum atomic E-state index is -0.802. The number of allylic oxidation sites excluding steroid dienone is 2. The summed E-state index contributed by atoms with van der Waals surface area (Å²) in [6.45, 7) is 1.48. The number of esters is 1. The predicted octanol–water partition coefficient (Wildman–Crippen LogP) is 1.97. The van der Waals surface area contributed by atoms with Crippen molar-refractivity contribution in [2.75, 3.05) is 6.61 Å². The van der Waals surface area contributed by atoms with Crippen LogP contribution in [0, 0.1) is 22.7 Å². The molecule has 2 N–H and O–H groups in total. The third kappa shape index (κ3) is 2.14. The Morgan fingerprint density at radius 3 is 2.96 bits per heavy atom. The van der Waals surface area contributed by atoms with Gasteiger partial charge in [0.05, 0.1) is 5.41 Å². The second-order valence-corrected chi connectivity index (χ2v) is 7.88. The van der Waals surface area contributed by atoms with E-state index >= 15 is 0 Å². The third-order valence-corrected chi connectivity index (χ3v) is 6.56. The Labute approximate surface area is 160 Å². The number of nitrogens with zero attached hydrogens (tertiary/aromatic N) is 1. The molecule has 3 aliphatic carbocycles. The van der Waals surface area contributed by atoms with Crippen molar-refractivity contribution < 1.29 is 34.5 Å². The lowest BCUT2D eigenvalue weighted by molar-refractivity contribution is -0.974. The molecule has 1 aliphatic heterocycles. The number of hydrogen-bond donors (Lipinski definition) is 2. The summed E-state index contributed by atoms with van der Waals surface area (Å²) in [6.07, 6.45) is 7.87. The van der Waals surface area contributed by atoms with Gasteiger partial charge in [-0.1, -0.05) is 31.2 Å². The zero-order valence-corrected chi connectivity index (χ0v) is 15.1. The van der Waals surface area contributed by atoms with Crippen molar-refractivity contribution >= 4 is 5.97 Å². The third-order valence-electron chi connectivity index (χ3n) is 6.56. The van der Waals surface area contributed by atoms with Crippen LogP contribution in [0.25, 0.3) is 0 Å². The van der Waals surface area contributed by atoms with Crippen LogP contribution in [0.4, 0.5) is 0 Å². The molecule has 0 saturated carbocycles. The highest BCUT2D eigenvalue weighted by atomic mass is 17.0. The van der Waals surface area contributed by atoms with E-state index in [9.17, 15) is 14.8 Å². The van der Waals surface area contributed by atoms with Crippen LogP contribution in [0.2, 0.25) is 0 Å². The summed E-state index contributed by atoms with van der Waals surface area (Å²) in [5, 5.41) is 18.1. The molecular weight excluding hydrogens is 366 g/mol. The Morgan fingerprint density at radius 1 is 1.36 bits per heavy atom. The molecule has 5 rings (SSSR count). The van der Waals surface area contributed by atoms with Crippen LogP contribution in [0.3, 0.4) is 0 Å². The zero-order valence-electron chi connectivity index (χ0n) is 15.1. The SMILES string of the molecule is C[C@H]1C=C[C@]23c4c5ccc(O)c4O[C@H]2[C@@H](OC(=O)CO[N+](=O)O)C=CC3[C@H]1C5. The van der Waals surface area contributed by atoms with E-state index in [0.717, 1.165) is 17.5 Å². The maximum absolute atomic E-state index is 12.0. The van der Waals surface area contributed by atoms with Crippen LogP contribution in [0.5, 0.6) is 11.5 Å². The first-order valence-corrected chi connectivity index (χ1v) is 9.30. The van der Waals surface area contributed by atoms with Crippen LogP contribution in [0.1, 0.15) is 18.1 Å². The molecule has 2 bridgehead atoms. The summed E-state index contributed by atoms with van der Waals surface area (Å²) in [7, 11) is 0. The van der Waals surface area contributed by atoms with E-state index in [0.29, 0.717) is 17.6 Å². The summed E-state index contributed by atoms with van der Waals surface area (Å²) < 4.78 is 11.7. The number of ether oxygens (including phenoxy) is 2. The average Bonchev–Trinajstić information content (AvgIpc) is 3.01. The van der Waals surface area contributed by atoms with E-state index in [1.165, 1.54) is 0 Å². The van der Waals surface area contributed by atoms with Gasteiger partial charge >= 0.3 is 11.1 Å². The van der Waals surface area contributed by atoms with Crippen molar-refractivity contribution in [1.82, 2.24) is 0 Å². The smallest absolute Gasteiger partial charge is 0.475 e. The largest absolute Gasteiger partial charge is 0.504 e. The van der Waals surface area contributed by atoms with E-state index in [2.05, 4.69) is 30.0 Å². The van der Waals surface area contributed by atoms with Crippen LogP contribution >= 0.6 is 0 Å². The number of phenolic OH excluding ortho intramolecular Hbond substituents is 1. The Hall–Kier alpha value is -3.03. The van der Waals surface area contributed by atoms with Gasteiger partial charge in [0.2, 0.25) is 0 Å². The minimum absolute atomic E-state index is 0.0717. The number of hydrogen-bond acceptors (Lipinski definition) is 6. The molecule has 1 aromatic rings. The standard InChI is InChI=1S/C20H19NO7/c1-10-6-7-20-13-3-5-15(27-16(23)9-26-21(24)25)19(20)28-18-14(22)4-2-11(17(18)20)8-12(10)13/h2-7,10,12-13,15,19H,8-9H2,1H3,(H-,22,24,25)/p+1/t10-,12-,13?,15-,19-,20-/m0/s1. The molecule has 6 atom stereocenters. The van der Waals surface area contributed by atoms with Crippen molar-refractivity contribution in [3.63, 3.8) is 0 Å². The molecule has 8 heteroatoms. The summed E-state index contributed by atoms with van der Waals surface area (Å²) in [5.74, 6) is 0.679. The van der Waals surface area contributed by atoms with Gasteiger partial charge in [-0.2, -0.15) is 4.84 Å². The first-order valence-electron chi connectivity index (χ1n) is 9.30. The summed E-state index contributed by atoms with van der Waals surface area (Å²) >= 11 is 0. The maximum atomic E-state index is 12.0. The lowest BCUT2D eigenvalue weighted by atomic mass is 9.50. The number of carbonyl (C=O) groups is 1. The first kappa shape index (κ1) is 17.1. The van der Waals surface area contributed by atoms with Gasteiger partial charge in [-0.3, -0.25) is 0 Å². The molecule has 1 unspecified atom stereocenters. The van der Waals surface area contributed by atoms with Gasteiger partial charge in [0.15, 0.2) is 23.7 Å². The normalized spacial score (nSPS) is 35.7. The molecule has 0 fully saturated rings. The van der Waals surface area contributed by atoms with Crippen LogP contribution < -0.4 is 4.74 Å². The minimum Gasteiger partial charge on any atom is -0.504 e. The van der Waals surface area contributed by atoms with Gasteiger partial charge in [-0.05, 0) is 41.9 Å². The highest BCUT2D eigenvalue weighted by molar-refractivity contribution is 5.71. The quantitative estimate of drug-likeness (QED) is 0.463. The fraction of sp³-hybridized carbons (Fsp3) is 0.450. The topological polar surface area (TPSA) is 105 Å². The van der Waals surface area contributed by atoms with E-state index in [1.807, 2.05) is 12.1 Å². The summed E-state index contributed by atoms with van der Waals surface area (Å²) in [5.41, 5.74) is 1.62. The fourth-order valence-corrected chi connectivity index (χ4v) is 5.46. The van der Waals surface area contributed by atoms with Crippen LogP contribution in [-0.4, -0.2) is 40.2 Å². The first-order chi connectivity index (χ1) is 13.4. The molecule has 1 spiro atoms. The van der Waals surface area contributed by atoms with Crippen molar-refractivity contribution in [2.45, 2.75) is 31.0 Å². The highest BCUT2D eigenvalue weighted by Gasteiger charge is 2.63. The second-order valence-electron chi connectivity index (χ2n) is 7.88.